The maximum atomic E-state index is 14.1. The molecule has 0 aliphatic carbocycles. The Bertz CT molecular complexity index is 1180. The summed E-state index contributed by atoms with van der Waals surface area (Å²) in [6.45, 7) is 6.46. The number of likely N-dealkylation sites (tertiary alicyclic amines) is 1. The van der Waals surface area contributed by atoms with Crippen LogP contribution in [0.3, 0.4) is 0 Å². The van der Waals surface area contributed by atoms with E-state index in [0.717, 1.165) is 23.2 Å². The van der Waals surface area contributed by atoms with Crippen molar-refractivity contribution in [3.8, 4) is 0 Å². The fraction of sp³-hybridized carbons (Fsp3) is 0.483. The number of aryl methyl sites for hydroxylation is 2. The highest BCUT2D eigenvalue weighted by atomic mass is 32.2. The summed E-state index contributed by atoms with van der Waals surface area (Å²) in [5.41, 5.74) is 3.42. The molecule has 3 aliphatic heterocycles. The SMILES string of the molecule is Cc1cccc(C)c1NC(=O)C1N(CCCCO)C(=O)[C@@H]2[C@@H](C(=O)Nc3ccccc3)[C@H]3CC(C)C12S3. The van der Waals surface area contributed by atoms with Gasteiger partial charge in [-0.15, -0.1) is 11.8 Å². The molecular weight excluding hydrogens is 486 g/mol. The normalized spacial score (nSPS) is 29.9. The Morgan fingerprint density at radius 3 is 2.41 bits per heavy atom. The number of aliphatic hydroxyl groups excluding tert-OH is 1. The van der Waals surface area contributed by atoms with Crippen molar-refractivity contribution in [2.24, 2.45) is 17.8 Å². The number of aliphatic hydroxyl groups is 1. The predicted octanol–water partition coefficient (Wildman–Crippen LogP) is 3.99. The highest BCUT2D eigenvalue weighted by molar-refractivity contribution is 8.02. The van der Waals surface area contributed by atoms with E-state index in [-0.39, 0.29) is 35.5 Å². The standard InChI is InChI=1S/C29H35N3O4S/c1-17-10-9-11-18(2)24(17)31-27(35)25-29-19(3)16-21(37-29)22(26(34)30-20-12-5-4-6-13-20)23(29)28(36)32(25)14-7-8-15-33/h4-6,9-13,19,21-23,25,33H,7-8,14-16H2,1-3H3,(H,30,34)(H,31,35)/t19?,21-,22+,23+,25?,29?/m1/s1. The minimum atomic E-state index is -0.678. The summed E-state index contributed by atoms with van der Waals surface area (Å²) in [6, 6.07) is 14.5. The first kappa shape index (κ1) is 25.8. The van der Waals surface area contributed by atoms with Crippen LogP contribution in [0.5, 0.6) is 0 Å². The van der Waals surface area contributed by atoms with Crippen molar-refractivity contribution in [1.82, 2.24) is 4.90 Å². The van der Waals surface area contributed by atoms with Crippen molar-refractivity contribution in [3.05, 3.63) is 59.7 Å². The van der Waals surface area contributed by atoms with Gasteiger partial charge >= 0.3 is 0 Å². The molecule has 6 atom stereocenters. The smallest absolute Gasteiger partial charge is 0.248 e. The van der Waals surface area contributed by atoms with Gasteiger partial charge in [-0.05, 0) is 62.3 Å². The van der Waals surface area contributed by atoms with Crippen molar-refractivity contribution in [2.75, 3.05) is 23.8 Å². The number of hydrogen-bond donors (Lipinski definition) is 3. The number of rotatable bonds is 8. The topological polar surface area (TPSA) is 98.7 Å². The summed E-state index contributed by atoms with van der Waals surface area (Å²) in [4.78, 5) is 43.4. The summed E-state index contributed by atoms with van der Waals surface area (Å²) in [6.07, 6.45) is 1.94. The van der Waals surface area contributed by atoms with Crippen LogP contribution in [-0.2, 0) is 14.4 Å². The molecule has 37 heavy (non-hydrogen) atoms. The fourth-order valence-electron chi connectivity index (χ4n) is 6.70. The second-order valence-corrected chi connectivity index (χ2v) is 12.2. The number of benzene rings is 2. The Balaban J connectivity index is 1.50. The summed E-state index contributed by atoms with van der Waals surface area (Å²) < 4.78 is -0.666. The number of carbonyl (C=O) groups is 3. The molecule has 196 valence electrons. The zero-order valence-electron chi connectivity index (χ0n) is 21.6. The first-order valence-electron chi connectivity index (χ1n) is 13.1. The molecule has 2 aromatic rings. The van der Waals surface area contributed by atoms with E-state index in [1.807, 2.05) is 62.4 Å². The maximum absolute atomic E-state index is 14.1. The number of nitrogens with one attached hydrogen (secondary N) is 2. The Kier molecular flexibility index (Phi) is 7.07. The molecule has 5 rings (SSSR count). The third-order valence-electron chi connectivity index (χ3n) is 8.37. The van der Waals surface area contributed by atoms with Crippen molar-refractivity contribution in [2.45, 2.75) is 56.1 Å². The van der Waals surface area contributed by atoms with Crippen molar-refractivity contribution in [3.63, 3.8) is 0 Å². The number of unbranched alkanes of at least 4 members (excludes halogenated alkanes) is 1. The lowest BCUT2D eigenvalue weighted by molar-refractivity contribution is -0.138. The zero-order chi connectivity index (χ0) is 26.3. The Hall–Kier alpha value is -2.84. The summed E-state index contributed by atoms with van der Waals surface area (Å²) in [7, 11) is 0. The van der Waals surface area contributed by atoms with E-state index in [1.165, 1.54) is 0 Å². The predicted molar refractivity (Wildman–Crippen MR) is 146 cm³/mol. The molecule has 8 heteroatoms. The fourth-order valence-corrected chi connectivity index (χ4v) is 9.13. The van der Waals surface area contributed by atoms with Gasteiger partial charge in [-0.1, -0.05) is 43.3 Å². The number of fused-ring (bicyclic) bond motifs is 1. The summed E-state index contributed by atoms with van der Waals surface area (Å²) in [5, 5.41) is 15.5. The summed E-state index contributed by atoms with van der Waals surface area (Å²) >= 11 is 1.67. The number of thioether (sulfide) groups is 1. The Labute approximate surface area is 222 Å². The maximum Gasteiger partial charge on any atom is 0.248 e. The zero-order valence-corrected chi connectivity index (χ0v) is 22.4. The number of nitrogens with zero attached hydrogens (tertiary/aromatic N) is 1. The van der Waals surface area contributed by atoms with Gasteiger partial charge in [-0.25, -0.2) is 0 Å². The number of hydrogen-bond acceptors (Lipinski definition) is 5. The molecular formula is C29H35N3O4S. The molecule has 7 nitrogen and oxygen atoms in total. The van der Waals surface area contributed by atoms with Crippen LogP contribution in [0.1, 0.15) is 37.3 Å². The first-order chi connectivity index (χ1) is 17.8. The molecule has 3 heterocycles. The van der Waals surface area contributed by atoms with Gasteiger partial charge in [-0.3, -0.25) is 14.4 Å². The van der Waals surface area contributed by atoms with Crippen LogP contribution in [0.2, 0.25) is 0 Å². The molecule has 2 bridgehead atoms. The molecule has 3 unspecified atom stereocenters. The van der Waals surface area contributed by atoms with E-state index >= 15 is 0 Å². The summed E-state index contributed by atoms with van der Waals surface area (Å²) in [5.74, 6) is -1.41. The molecule has 3 saturated heterocycles. The molecule has 3 fully saturated rings. The monoisotopic (exact) mass is 521 g/mol. The minimum absolute atomic E-state index is 0.0113. The van der Waals surface area contributed by atoms with Gasteiger partial charge in [0, 0.05) is 29.8 Å². The number of anilines is 2. The van der Waals surface area contributed by atoms with Gasteiger partial charge in [0.1, 0.15) is 6.04 Å². The second kappa shape index (κ2) is 10.1. The van der Waals surface area contributed by atoms with Crippen molar-refractivity contribution < 1.29 is 19.5 Å². The minimum Gasteiger partial charge on any atom is -0.396 e. The molecule has 3 aliphatic rings. The van der Waals surface area contributed by atoms with Gasteiger partial charge < -0.3 is 20.6 Å². The van der Waals surface area contributed by atoms with Crippen LogP contribution in [0.4, 0.5) is 11.4 Å². The van der Waals surface area contributed by atoms with Crippen molar-refractivity contribution >= 4 is 40.9 Å². The van der Waals surface area contributed by atoms with Crippen LogP contribution in [0.25, 0.3) is 0 Å². The molecule has 0 radical (unpaired) electrons. The highest BCUT2D eigenvalue weighted by Crippen LogP contribution is 2.68. The van der Waals surface area contributed by atoms with E-state index in [9.17, 15) is 19.5 Å². The van der Waals surface area contributed by atoms with Gasteiger partial charge in [0.25, 0.3) is 0 Å². The van der Waals surface area contributed by atoms with Crippen LogP contribution in [0.15, 0.2) is 48.5 Å². The molecule has 3 amide bonds. The number of carbonyl (C=O) groups excluding carboxylic acids is 3. The third-order valence-corrected chi connectivity index (χ3v) is 10.5. The van der Waals surface area contributed by atoms with Gasteiger partial charge in [-0.2, -0.15) is 0 Å². The van der Waals surface area contributed by atoms with Crippen molar-refractivity contribution in [1.29, 1.82) is 0 Å². The second-order valence-electron chi connectivity index (χ2n) is 10.6. The lowest BCUT2D eigenvalue weighted by Crippen LogP contribution is -2.55. The lowest BCUT2D eigenvalue weighted by atomic mass is 9.66. The van der Waals surface area contributed by atoms with Gasteiger partial charge in [0.15, 0.2) is 0 Å². The van der Waals surface area contributed by atoms with Crippen LogP contribution >= 0.6 is 11.8 Å². The van der Waals surface area contributed by atoms with E-state index in [1.54, 1.807) is 16.7 Å². The highest BCUT2D eigenvalue weighted by Gasteiger charge is 2.75. The molecule has 1 spiro atoms. The van der Waals surface area contributed by atoms with Gasteiger partial charge in [0.2, 0.25) is 17.7 Å². The van der Waals surface area contributed by atoms with E-state index in [2.05, 4.69) is 17.6 Å². The first-order valence-corrected chi connectivity index (χ1v) is 14.0. The molecule has 3 N–H and O–H groups in total. The molecule has 0 saturated carbocycles. The molecule has 0 aromatic heterocycles. The van der Waals surface area contributed by atoms with Crippen LogP contribution in [0, 0.1) is 31.6 Å². The largest absolute Gasteiger partial charge is 0.396 e. The number of para-hydroxylation sites is 2. The van der Waals surface area contributed by atoms with E-state index < -0.39 is 22.6 Å². The van der Waals surface area contributed by atoms with E-state index in [4.69, 9.17) is 0 Å². The quantitative estimate of drug-likeness (QED) is 0.457. The lowest BCUT2D eigenvalue weighted by Gasteiger charge is -2.38. The average Bonchev–Trinajstić information content (AvgIpc) is 3.46. The van der Waals surface area contributed by atoms with E-state index in [0.29, 0.717) is 25.1 Å². The number of amides is 3. The average molecular weight is 522 g/mol. The third kappa shape index (κ3) is 4.24. The Morgan fingerprint density at radius 2 is 1.73 bits per heavy atom. The van der Waals surface area contributed by atoms with Crippen LogP contribution < -0.4 is 10.6 Å². The van der Waals surface area contributed by atoms with Gasteiger partial charge in [0.05, 0.1) is 16.6 Å². The van der Waals surface area contributed by atoms with Crippen LogP contribution in [-0.4, -0.2) is 56.9 Å². The Morgan fingerprint density at radius 1 is 1.03 bits per heavy atom. The molecule has 2 aromatic carbocycles.